The third kappa shape index (κ3) is 3.59. The normalized spacial score (nSPS) is 13.7. The second kappa shape index (κ2) is 9.69. The topological polar surface area (TPSA) is 13.1 Å². The number of thiophene rings is 1. The fraction of sp³-hybridized carbons (Fsp3) is 0.0638. The van der Waals surface area contributed by atoms with Gasteiger partial charge in [-0.25, -0.2) is 0 Å². The molecule has 0 bridgehead atoms. The second-order valence-electron chi connectivity index (χ2n) is 14.0. The van der Waals surface area contributed by atoms with E-state index in [0.29, 0.717) is 0 Å². The molecule has 1 aliphatic rings. The van der Waals surface area contributed by atoms with E-state index in [1.54, 1.807) is 0 Å². The molecule has 0 fully saturated rings. The summed E-state index contributed by atoms with van der Waals surface area (Å²) in [6, 6.07) is 53.7. The molecular weight excluding hydrogens is 613 g/mol. The Hall–Kier alpha value is -5.70. The summed E-state index contributed by atoms with van der Waals surface area (Å²) in [7, 11) is 0. The lowest BCUT2D eigenvalue weighted by Gasteiger charge is -2.22. The van der Waals surface area contributed by atoms with E-state index < -0.39 is 0 Å². The molecule has 0 saturated carbocycles. The third-order valence-corrected chi connectivity index (χ3v) is 12.2. The van der Waals surface area contributed by atoms with Gasteiger partial charge in [0, 0.05) is 47.5 Å². The van der Waals surface area contributed by atoms with Crippen molar-refractivity contribution in [1.29, 1.82) is 0 Å². The molecule has 230 valence electrons. The van der Waals surface area contributed by atoms with Crippen LogP contribution in [-0.4, -0.2) is 0 Å². The molecule has 11 rings (SSSR count). The Bertz CT molecular complexity index is 2970. The average molecular weight is 643 g/mol. The average Bonchev–Trinajstić information content (AvgIpc) is 3.78. The highest BCUT2D eigenvalue weighted by Gasteiger charge is 2.35. The van der Waals surface area contributed by atoms with Crippen LogP contribution in [0.25, 0.3) is 97.0 Å². The fourth-order valence-electron chi connectivity index (χ4n) is 8.91. The first-order chi connectivity index (χ1) is 24.1. The van der Waals surface area contributed by atoms with Crippen LogP contribution in [-0.2, 0) is 5.41 Å². The van der Waals surface area contributed by atoms with E-state index in [1.165, 1.54) is 91.4 Å². The summed E-state index contributed by atoms with van der Waals surface area (Å²) in [4.78, 5) is 0. The first-order valence-corrected chi connectivity index (χ1v) is 17.8. The molecule has 0 N–H and O–H groups in total. The Morgan fingerprint density at radius 2 is 1.06 bits per heavy atom. The van der Waals surface area contributed by atoms with Gasteiger partial charge in [0.15, 0.2) is 0 Å². The Morgan fingerprint density at radius 3 is 1.84 bits per heavy atom. The van der Waals surface area contributed by atoms with Gasteiger partial charge in [0.25, 0.3) is 0 Å². The molecule has 0 unspecified atom stereocenters. The van der Waals surface area contributed by atoms with Gasteiger partial charge in [-0.3, -0.25) is 0 Å². The van der Waals surface area contributed by atoms with Crippen molar-refractivity contribution >= 4 is 75.0 Å². The lowest BCUT2D eigenvalue weighted by molar-refractivity contribution is 0.660. The van der Waals surface area contributed by atoms with Gasteiger partial charge in [-0.15, -0.1) is 11.3 Å². The summed E-state index contributed by atoms with van der Waals surface area (Å²) in [6.07, 6.45) is 0. The van der Waals surface area contributed by atoms with Crippen LogP contribution >= 0.6 is 11.3 Å². The van der Waals surface area contributed by atoms with E-state index in [-0.39, 0.29) is 5.41 Å². The Labute approximate surface area is 287 Å². The molecule has 0 radical (unpaired) electrons. The van der Waals surface area contributed by atoms with Crippen molar-refractivity contribution in [3.05, 3.63) is 157 Å². The van der Waals surface area contributed by atoms with Crippen LogP contribution in [0.2, 0.25) is 0 Å². The maximum absolute atomic E-state index is 6.88. The van der Waals surface area contributed by atoms with Crippen LogP contribution in [0.5, 0.6) is 0 Å². The molecule has 0 amide bonds. The van der Waals surface area contributed by atoms with Crippen molar-refractivity contribution in [3.63, 3.8) is 0 Å². The SMILES string of the molecule is CC1(C)c2ccccc2-c2cc(-c3c4ccccc4c(-c4cccc5c4oc4ccc6sc7ccccc7c6c45)c4ccccc34)ccc21. The molecule has 2 heteroatoms. The highest BCUT2D eigenvalue weighted by atomic mass is 32.1. The monoisotopic (exact) mass is 642 g/mol. The zero-order valence-corrected chi connectivity index (χ0v) is 28.0. The van der Waals surface area contributed by atoms with E-state index in [0.717, 1.165) is 16.7 Å². The second-order valence-corrected chi connectivity index (χ2v) is 15.1. The smallest absolute Gasteiger partial charge is 0.143 e. The molecule has 0 saturated heterocycles. The highest BCUT2D eigenvalue weighted by molar-refractivity contribution is 7.26. The molecule has 2 aromatic heterocycles. The fourth-order valence-corrected chi connectivity index (χ4v) is 10.0. The Balaban J connectivity index is 1.22. The molecule has 0 atom stereocenters. The van der Waals surface area contributed by atoms with Gasteiger partial charge < -0.3 is 4.42 Å². The van der Waals surface area contributed by atoms with Gasteiger partial charge in [0.2, 0.25) is 0 Å². The molecule has 2 heterocycles. The van der Waals surface area contributed by atoms with E-state index >= 15 is 0 Å². The first kappa shape index (κ1) is 27.3. The molecule has 8 aromatic carbocycles. The van der Waals surface area contributed by atoms with E-state index in [1.807, 2.05) is 11.3 Å². The van der Waals surface area contributed by atoms with Gasteiger partial charge >= 0.3 is 0 Å². The number of benzene rings is 8. The number of hydrogen-bond donors (Lipinski definition) is 0. The van der Waals surface area contributed by atoms with Crippen molar-refractivity contribution in [2.75, 3.05) is 0 Å². The zero-order chi connectivity index (χ0) is 32.4. The van der Waals surface area contributed by atoms with E-state index in [9.17, 15) is 0 Å². The lowest BCUT2D eigenvalue weighted by Crippen LogP contribution is -2.14. The van der Waals surface area contributed by atoms with E-state index in [4.69, 9.17) is 4.42 Å². The molecule has 10 aromatic rings. The number of para-hydroxylation sites is 1. The van der Waals surface area contributed by atoms with Gasteiger partial charge in [-0.2, -0.15) is 0 Å². The lowest BCUT2D eigenvalue weighted by atomic mass is 9.81. The summed E-state index contributed by atoms with van der Waals surface area (Å²) in [5, 5.41) is 9.93. The van der Waals surface area contributed by atoms with Crippen molar-refractivity contribution < 1.29 is 4.42 Å². The van der Waals surface area contributed by atoms with Crippen LogP contribution in [0.1, 0.15) is 25.0 Å². The zero-order valence-electron chi connectivity index (χ0n) is 27.2. The van der Waals surface area contributed by atoms with Crippen LogP contribution in [0.3, 0.4) is 0 Å². The Kier molecular flexibility index (Phi) is 5.39. The number of hydrogen-bond acceptors (Lipinski definition) is 2. The number of furan rings is 1. The van der Waals surface area contributed by atoms with Gasteiger partial charge in [0.05, 0.1) is 0 Å². The highest BCUT2D eigenvalue weighted by Crippen LogP contribution is 2.52. The summed E-state index contributed by atoms with van der Waals surface area (Å²) >= 11 is 1.85. The Morgan fingerprint density at radius 1 is 0.449 bits per heavy atom. The summed E-state index contributed by atoms with van der Waals surface area (Å²) in [6.45, 7) is 4.70. The van der Waals surface area contributed by atoms with Crippen molar-refractivity contribution in [2.24, 2.45) is 0 Å². The molecule has 0 spiro atoms. The maximum Gasteiger partial charge on any atom is 0.143 e. The summed E-state index contributed by atoms with van der Waals surface area (Å²) < 4.78 is 9.49. The third-order valence-electron chi connectivity index (χ3n) is 11.1. The van der Waals surface area contributed by atoms with Gasteiger partial charge in [0.1, 0.15) is 11.2 Å². The minimum absolute atomic E-state index is 0.0232. The molecular formula is C47H30OS. The molecule has 49 heavy (non-hydrogen) atoms. The maximum atomic E-state index is 6.88. The van der Waals surface area contributed by atoms with E-state index in [2.05, 4.69) is 159 Å². The van der Waals surface area contributed by atoms with Crippen LogP contribution in [0.15, 0.2) is 150 Å². The number of fused-ring (bicyclic) bond motifs is 12. The van der Waals surface area contributed by atoms with Gasteiger partial charge in [-0.1, -0.05) is 135 Å². The van der Waals surface area contributed by atoms with Crippen LogP contribution in [0.4, 0.5) is 0 Å². The van der Waals surface area contributed by atoms with Crippen molar-refractivity contribution in [1.82, 2.24) is 0 Å². The van der Waals surface area contributed by atoms with Gasteiger partial charge in [-0.05, 0) is 79.2 Å². The summed E-state index contributed by atoms with van der Waals surface area (Å²) in [5.41, 5.74) is 12.2. The minimum Gasteiger partial charge on any atom is -0.455 e. The molecule has 1 aliphatic carbocycles. The summed E-state index contributed by atoms with van der Waals surface area (Å²) in [5.74, 6) is 0. The van der Waals surface area contributed by atoms with Crippen molar-refractivity contribution in [3.8, 4) is 33.4 Å². The standard InChI is InChI=1S/C47H30OS/c1-47(2)37-20-9-7-12-28(37)36-26-27(22-23-38(36)47)42-29-13-3-5-15-31(29)43(32-16-6-4-14-30(32)42)34-18-11-19-35-44-39(48-46(34)35)24-25-41-45(44)33-17-8-10-21-40(33)49-41/h3-26H,1-2H3. The predicted octanol–water partition coefficient (Wildman–Crippen LogP) is 13.9. The quantitative estimate of drug-likeness (QED) is 0.171. The number of rotatable bonds is 2. The predicted molar refractivity (Wildman–Crippen MR) is 210 cm³/mol. The molecule has 0 aliphatic heterocycles. The largest absolute Gasteiger partial charge is 0.455 e. The van der Waals surface area contributed by atoms with Crippen LogP contribution < -0.4 is 0 Å². The van der Waals surface area contributed by atoms with Crippen LogP contribution in [0, 0.1) is 0 Å². The first-order valence-electron chi connectivity index (χ1n) is 17.0. The minimum atomic E-state index is -0.0232. The molecule has 1 nitrogen and oxygen atoms in total. The van der Waals surface area contributed by atoms with Crippen molar-refractivity contribution in [2.45, 2.75) is 19.3 Å².